The first-order valence-corrected chi connectivity index (χ1v) is 7.53. The van der Waals surface area contributed by atoms with Gasteiger partial charge in [0.2, 0.25) is 10.0 Å². The van der Waals surface area contributed by atoms with E-state index in [1.54, 1.807) is 0 Å². The summed E-state index contributed by atoms with van der Waals surface area (Å²) >= 11 is 3.08. The highest BCUT2D eigenvalue weighted by molar-refractivity contribution is 9.11. The molecule has 7 heteroatoms. The van der Waals surface area contributed by atoms with Gasteiger partial charge in [0, 0.05) is 22.5 Å². The van der Waals surface area contributed by atoms with Crippen molar-refractivity contribution in [1.82, 2.24) is 4.72 Å². The maximum Gasteiger partial charge on any atom is 0.336 e. The highest BCUT2D eigenvalue weighted by Crippen LogP contribution is 2.17. The smallest absolute Gasteiger partial charge is 0.336 e. The summed E-state index contributed by atoms with van der Waals surface area (Å²) in [5.74, 6) is 0. The highest BCUT2D eigenvalue weighted by atomic mass is 79.9. The average molecular weight is 344 g/mol. The molecule has 1 aromatic heterocycles. The molecule has 1 heterocycles. The maximum absolute atomic E-state index is 12.0. The van der Waals surface area contributed by atoms with E-state index in [2.05, 4.69) is 27.2 Å². The van der Waals surface area contributed by atoms with Crippen molar-refractivity contribution in [1.29, 1.82) is 0 Å². The van der Waals surface area contributed by atoms with Crippen LogP contribution >= 0.6 is 15.9 Å². The Balaban J connectivity index is 2.43. The molecule has 0 spiro atoms. The minimum atomic E-state index is -3.62. The van der Waals surface area contributed by atoms with E-state index < -0.39 is 15.6 Å². The summed E-state index contributed by atoms with van der Waals surface area (Å²) in [6.07, 6.45) is 0. The molecule has 0 aliphatic rings. The molecule has 1 aromatic carbocycles. The number of benzene rings is 1. The molecule has 19 heavy (non-hydrogen) atoms. The minimum absolute atomic E-state index is 0.0996. The zero-order chi connectivity index (χ0) is 14.0. The van der Waals surface area contributed by atoms with Crippen molar-refractivity contribution in [3.63, 3.8) is 0 Å². The number of hydrogen-bond donors (Lipinski definition) is 1. The molecule has 100 valence electrons. The molecule has 0 fully saturated rings. The van der Waals surface area contributed by atoms with Gasteiger partial charge in [-0.2, -0.15) is 0 Å². The van der Waals surface area contributed by atoms with E-state index >= 15 is 0 Å². The van der Waals surface area contributed by atoms with Gasteiger partial charge < -0.3 is 4.42 Å². The molecule has 2 aromatic rings. The summed E-state index contributed by atoms with van der Waals surface area (Å²) in [6, 6.07) is 7.03. The highest BCUT2D eigenvalue weighted by Gasteiger charge is 2.14. The van der Waals surface area contributed by atoms with E-state index in [-0.39, 0.29) is 11.4 Å². The molecule has 0 amide bonds. The van der Waals surface area contributed by atoms with Crippen LogP contribution in [0.4, 0.5) is 0 Å². The summed E-state index contributed by atoms with van der Waals surface area (Å²) in [7, 11) is -3.62. The molecule has 0 unspecified atom stereocenters. The van der Waals surface area contributed by atoms with Crippen molar-refractivity contribution in [2.24, 2.45) is 0 Å². The summed E-state index contributed by atoms with van der Waals surface area (Å²) in [6.45, 7) is 3.65. The van der Waals surface area contributed by atoms with Gasteiger partial charge in [-0.15, -0.1) is 0 Å². The predicted octanol–water partition coefficient (Wildman–Crippen LogP) is 1.98. The fourth-order valence-electron chi connectivity index (χ4n) is 1.47. The Bertz CT molecular complexity index is 795. The second kappa shape index (κ2) is 5.28. The van der Waals surface area contributed by atoms with Crippen molar-refractivity contribution < 1.29 is 12.8 Å². The Hall–Kier alpha value is -1.44. The molecule has 2 rings (SSSR count). The molecule has 1 N–H and O–H groups in total. The van der Waals surface area contributed by atoms with Crippen LogP contribution in [0.3, 0.4) is 0 Å². The van der Waals surface area contributed by atoms with E-state index in [0.29, 0.717) is 15.5 Å². The fourth-order valence-corrected chi connectivity index (χ4v) is 2.86. The Kier molecular flexibility index (Phi) is 3.88. The lowest BCUT2D eigenvalue weighted by molar-refractivity contribution is 0.560. The van der Waals surface area contributed by atoms with Crippen LogP contribution in [0.2, 0.25) is 0 Å². The number of sulfonamides is 1. The predicted molar refractivity (Wildman–Crippen MR) is 75.7 cm³/mol. The van der Waals surface area contributed by atoms with Crippen molar-refractivity contribution >= 4 is 36.9 Å². The summed E-state index contributed by atoms with van der Waals surface area (Å²) in [4.78, 5) is 11.1. The average Bonchev–Trinajstić information content (AvgIpc) is 2.36. The first-order chi connectivity index (χ1) is 8.88. The Morgan fingerprint density at radius 3 is 2.74 bits per heavy atom. The third kappa shape index (κ3) is 3.31. The van der Waals surface area contributed by atoms with Gasteiger partial charge in [-0.25, -0.2) is 17.9 Å². The van der Waals surface area contributed by atoms with Gasteiger partial charge in [0.05, 0.1) is 4.90 Å². The molecular formula is C12H10BrNO4S. The zero-order valence-corrected chi connectivity index (χ0v) is 12.1. The number of rotatable bonds is 4. The molecule has 5 nitrogen and oxygen atoms in total. The maximum atomic E-state index is 12.0. The Morgan fingerprint density at radius 2 is 2.05 bits per heavy atom. The largest absolute Gasteiger partial charge is 0.423 e. The summed E-state index contributed by atoms with van der Waals surface area (Å²) < 4.78 is 31.8. The molecule has 0 radical (unpaired) electrons. The van der Waals surface area contributed by atoms with Crippen molar-refractivity contribution in [3.8, 4) is 0 Å². The zero-order valence-electron chi connectivity index (χ0n) is 9.72. The van der Waals surface area contributed by atoms with Crippen LogP contribution in [0.25, 0.3) is 11.0 Å². The topological polar surface area (TPSA) is 76.4 Å². The van der Waals surface area contributed by atoms with E-state index in [9.17, 15) is 13.2 Å². The Labute approximate surface area is 118 Å². The standard InChI is InChI=1S/C12H10BrNO4S/c1-8(13)7-14-19(16,17)10-3-4-11-9(6-10)2-5-12(15)18-11/h2-6,14H,1,7H2. The first-order valence-electron chi connectivity index (χ1n) is 5.25. The number of hydrogen-bond acceptors (Lipinski definition) is 4. The monoisotopic (exact) mass is 343 g/mol. The van der Waals surface area contributed by atoms with Gasteiger partial charge in [0.25, 0.3) is 0 Å². The van der Waals surface area contributed by atoms with E-state index in [1.165, 1.54) is 30.3 Å². The third-order valence-electron chi connectivity index (χ3n) is 2.36. The second-order valence-electron chi connectivity index (χ2n) is 3.80. The third-order valence-corrected chi connectivity index (χ3v) is 4.03. The van der Waals surface area contributed by atoms with E-state index in [4.69, 9.17) is 4.42 Å². The number of nitrogens with one attached hydrogen (secondary N) is 1. The lowest BCUT2D eigenvalue weighted by Gasteiger charge is -2.06. The molecule has 0 saturated heterocycles. The SMILES string of the molecule is C=C(Br)CNS(=O)(=O)c1ccc2oc(=O)ccc2c1. The van der Waals surface area contributed by atoms with Crippen LogP contribution in [0.1, 0.15) is 0 Å². The van der Waals surface area contributed by atoms with Crippen LogP contribution in [0.5, 0.6) is 0 Å². The van der Waals surface area contributed by atoms with Crippen molar-refractivity contribution in [2.45, 2.75) is 4.90 Å². The van der Waals surface area contributed by atoms with Gasteiger partial charge in [0.15, 0.2) is 0 Å². The van der Waals surface area contributed by atoms with E-state index in [1.807, 2.05) is 0 Å². The summed E-state index contributed by atoms with van der Waals surface area (Å²) in [5, 5.41) is 0.542. The first kappa shape index (κ1) is 14.0. The van der Waals surface area contributed by atoms with Crippen molar-refractivity contribution in [3.05, 3.63) is 51.8 Å². The van der Waals surface area contributed by atoms with Crippen LogP contribution in [0, 0.1) is 0 Å². The van der Waals surface area contributed by atoms with Crippen LogP contribution in [-0.4, -0.2) is 15.0 Å². The lowest BCUT2D eigenvalue weighted by Crippen LogP contribution is -2.24. The number of fused-ring (bicyclic) bond motifs is 1. The minimum Gasteiger partial charge on any atom is -0.423 e. The van der Waals surface area contributed by atoms with Crippen LogP contribution < -0.4 is 10.3 Å². The normalized spacial score (nSPS) is 11.6. The molecular weight excluding hydrogens is 334 g/mol. The van der Waals surface area contributed by atoms with Crippen LogP contribution in [0.15, 0.2) is 55.5 Å². The fraction of sp³-hybridized carbons (Fsp3) is 0.0833. The molecule has 0 aliphatic heterocycles. The number of halogens is 1. The molecule has 0 saturated carbocycles. The lowest BCUT2D eigenvalue weighted by atomic mass is 10.2. The Morgan fingerprint density at radius 1 is 1.32 bits per heavy atom. The van der Waals surface area contributed by atoms with Gasteiger partial charge in [-0.3, -0.25) is 0 Å². The van der Waals surface area contributed by atoms with Gasteiger partial charge in [-0.1, -0.05) is 22.5 Å². The molecule has 0 atom stereocenters. The molecule has 0 aliphatic carbocycles. The quantitative estimate of drug-likeness (QED) is 0.861. The second-order valence-corrected chi connectivity index (χ2v) is 6.68. The van der Waals surface area contributed by atoms with Crippen LogP contribution in [-0.2, 0) is 10.0 Å². The molecule has 0 bridgehead atoms. The summed E-state index contributed by atoms with van der Waals surface area (Å²) in [5.41, 5.74) is -0.131. The van der Waals surface area contributed by atoms with Crippen molar-refractivity contribution in [2.75, 3.05) is 6.54 Å². The van der Waals surface area contributed by atoms with Gasteiger partial charge >= 0.3 is 5.63 Å². The van der Waals surface area contributed by atoms with Gasteiger partial charge in [-0.05, 0) is 24.3 Å². The van der Waals surface area contributed by atoms with E-state index in [0.717, 1.165) is 0 Å². The van der Waals surface area contributed by atoms with Gasteiger partial charge in [0.1, 0.15) is 5.58 Å².